The maximum Gasteiger partial charge on any atom is 0.228 e. The predicted octanol–water partition coefficient (Wildman–Crippen LogP) is 1.28. The lowest BCUT2D eigenvalue weighted by molar-refractivity contribution is -0.139. The van der Waals surface area contributed by atoms with Gasteiger partial charge < -0.3 is 9.64 Å². The Labute approximate surface area is 195 Å². The molecule has 0 unspecified atom stereocenters. The normalized spacial score (nSPS) is 20.6. The highest BCUT2D eigenvalue weighted by Gasteiger charge is 2.36. The van der Waals surface area contributed by atoms with E-state index in [9.17, 15) is 9.18 Å². The van der Waals surface area contributed by atoms with Crippen LogP contribution in [0.5, 0.6) is 0 Å². The van der Waals surface area contributed by atoms with E-state index in [0.717, 1.165) is 12.1 Å². The van der Waals surface area contributed by atoms with Crippen molar-refractivity contribution in [2.45, 2.75) is 25.5 Å². The number of piperazine rings is 1. The molecule has 1 amide bonds. The zero-order valence-electron chi connectivity index (χ0n) is 18.5. The van der Waals surface area contributed by atoms with E-state index < -0.39 is 5.82 Å². The summed E-state index contributed by atoms with van der Waals surface area (Å²) in [5.74, 6) is -0.0437. The molecule has 1 aromatic carbocycles. The van der Waals surface area contributed by atoms with Crippen molar-refractivity contribution >= 4 is 11.6 Å². The van der Waals surface area contributed by atoms with Gasteiger partial charge in [0, 0.05) is 26.2 Å². The Kier molecular flexibility index (Phi) is 5.95. The summed E-state index contributed by atoms with van der Waals surface area (Å²) < 4.78 is 21.4. The number of benzene rings is 1. The van der Waals surface area contributed by atoms with Crippen LogP contribution in [0.3, 0.4) is 0 Å². The Morgan fingerprint density at radius 1 is 1.26 bits per heavy atom. The SMILES string of the molecule is [C-]#[N+]c1c(F)ccc([C@@H]2CN3CCN(C(=O)Cc4cnc(-n5cnnn5)cn4)C[C@H]3CO2)c1C. The van der Waals surface area contributed by atoms with Crippen LogP contribution in [0.15, 0.2) is 30.9 Å². The monoisotopic (exact) mass is 463 g/mol. The highest BCUT2D eigenvalue weighted by atomic mass is 19.1. The molecule has 11 nitrogen and oxygen atoms in total. The number of tetrazole rings is 1. The molecule has 2 saturated heterocycles. The number of carbonyl (C=O) groups is 1. The van der Waals surface area contributed by atoms with E-state index in [2.05, 4.69) is 35.2 Å². The molecule has 0 saturated carbocycles. The van der Waals surface area contributed by atoms with Crippen LogP contribution < -0.4 is 0 Å². The standard InChI is InChI=1S/C22H22FN9O2/c1-14-17(3-4-18(23)22(14)24-2)19-11-30-5-6-31(10-16(30)12-34-19)21(33)7-15-8-26-20(9-25-15)32-13-27-28-29-32/h3-4,8-9,13,16,19H,5-7,10-12H2,1H3/t16-,19-/m0/s1. The molecular weight excluding hydrogens is 441 g/mol. The zero-order chi connectivity index (χ0) is 23.7. The minimum atomic E-state index is -0.508. The molecule has 2 atom stereocenters. The first-order valence-corrected chi connectivity index (χ1v) is 10.9. The number of nitrogens with zero attached hydrogens (tertiary/aromatic N) is 9. The fraction of sp³-hybridized carbons (Fsp3) is 0.409. The first-order chi connectivity index (χ1) is 16.5. The molecular formula is C22H22FN9O2. The molecule has 0 bridgehead atoms. The molecule has 34 heavy (non-hydrogen) atoms. The Hall–Kier alpha value is -3.82. The van der Waals surface area contributed by atoms with Crippen molar-refractivity contribution in [2.75, 3.05) is 32.8 Å². The molecule has 2 aliphatic rings. The molecule has 0 spiro atoms. The minimum absolute atomic E-state index is 0.0117. The maximum absolute atomic E-state index is 13.9. The number of halogens is 1. The number of hydrogen-bond donors (Lipinski definition) is 0. The fourth-order valence-corrected chi connectivity index (χ4v) is 4.46. The Balaban J connectivity index is 1.19. The number of ether oxygens (including phenoxy) is 1. The van der Waals surface area contributed by atoms with Gasteiger partial charge in [-0.25, -0.2) is 14.2 Å². The lowest BCUT2D eigenvalue weighted by Gasteiger charge is -2.46. The van der Waals surface area contributed by atoms with Crippen molar-refractivity contribution in [1.82, 2.24) is 40.0 Å². The van der Waals surface area contributed by atoms with Crippen molar-refractivity contribution < 1.29 is 13.9 Å². The molecule has 5 rings (SSSR count). The van der Waals surface area contributed by atoms with Crippen molar-refractivity contribution in [3.05, 3.63) is 64.9 Å². The summed E-state index contributed by atoms with van der Waals surface area (Å²) in [7, 11) is 0. The molecule has 0 aliphatic carbocycles. The van der Waals surface area contributed by atoms with Crippen LogP contribution in [-0.4, -0.2) is 84.7 Å². The first-order valence-electron chi connectivity index (χ1n) is 10.9. The average molecular weight is 463 g/mol. The Morgan fingerprint density at radius 3 is 2.88 bits per heavy atom. The lowest BCUT2D eigenvalue weighted by atomic mass is 9.98. The van der Waals surface area contributed by atoms with E-state index in [-0.39, 0.29) is 30.2 Å². The van der Waals surface area contributed by atoms with Crippen LogP contribution in [-0.2, 0) is 16.0 Å². The molecule has 174 valence electrons. The fourth-order valence-electron chi connectivity index (χ4n) is 4.46. The molecule has 3 aromatic rings. The number of amides is 1. The van der Waals surface area contributed by atoms with E-state index >= 15 is 0 Å². The van der Waals surface area contributed by atoms with Crippen molar-refractivity contribution in [3.63, 3.8) is 0 Å². The Morgan fingerprint density at radius 2 is 2.15 bits per heavy atom. The second-order valence-electron chi connectivity index (χ2n) is 8.33. The number of aromatic nitrogens is 6. The van der Waals surface area contributed by atoms with Crippen molar-refractivity contribution in [1.29, 1.82) is 0 Å². The van der Waals surface area contributed by atoms with E-state index in [4.69, 9.17) is 11.3 Å². The van der Waals surface area contributed by atoms with E-state index in [1.165, 1.54) is 23.3 Å². The summed E-state index contributed by atoms with van der Waals surface area (Å²) in [6.07, 6.45) is 4.44. The quantitative estimate of drug-likeness (QED) is 0.533. The summed E-state index contributed by atoms with van der Waals surface area (Å²) in [5.41, 5.74) is 2.09. The Bertz CT molecular complexity index is 1230. The van der Waals surface area contributed by atoms with Gasteiger partial charge in [-0.2, -0.15) is 4.68 Å². The summed E-state index contributed by atoms with van der Waals surface area (Å²) in [4.78, 5) is 28.9. The maximum atomic E-state index is 13.9. The summed E-state index contributed by atoms with van der Waals surface area (Å²) in [6, 6.07) is 3.12. The van der Waals surface area contributed by atoms with Gasteiger partial charge in [0.15, 0.2) is 5.82 Å². The minimum Gasteiger partial charge on any atom is -0.371 e. The van der Waals surface area contributed by atoms with Gasteiger partial charge >= 0.3 is 0 Å². The highest BCUT2D eigenvalue weighted by Crippen LogP contribution is 2.34. The zero-order valence-corrected chi connectivity index (χ0v) is 18.5. The predicted molar refractivity (Wildman–Crippen MR) is 116 cm³/mol. The molecule has 2 aliphatic heterocycles. The van der Waals surface area contributed by atoms with E-state index in [1.807, 2.05) is 4.90 Å². The smallest absolute Gasteiger partial charge is 0.228 e. The first kappa shape index (κ1) is 22.0. The van der Waals surface area contributed by atoms with Gasteiger partial charge in [-0.15, -0.1) is 5.10 Å². The number of rotatable bonds is 4. The van der Waals surface area contributed by atoms with Crippen LogP contribution in [0, 0.1) is 19.3 Å². The second-order valence-corrected chi connectivity index (χ2v) is 8.33. The molecule has 4 heterocycles. The molecule has 2 fully saturated rings. The van der Waals surface area contributed by atoms with E-state index in [1.54, 1.807) is 19.2 Å². The van der Waals surface area contributed by atoms with Gasteiger partial charge in [-0.3, -0.25) is 14.7 Å². The summed E-state index contributed by atoms with van der Waals surface area (Å²) in [6.45, 7) is 12.0. The van der Waals surface area contributed by atoms with Crippen molar-refractivity contribution in [3.8, 4) is 5.82 Å². The third-order valence-corrected chi connectivity index (χ3v) is 6.34. The third kappa shape index (κ3) is 4.23. The van der Waals surface area contributed by atoms with Gasteiger partial charge in [-0.05, 0) is 34.5 Å². The molecule has 2 aromatic heterocycles. The molecule has 0 N–H and O–H groups in total. The number of carbonyl (C=O) groups excluding carboxylic acids is 1. The number of hydrogen-bond acceptors (Lipinski definition) is 8. The van der Waals surface area contributed by atoms with E-state index in [0.29, 0.717) is 43.3 Å². The van der Waals surface area contributed by atoms with Crippen molar-refractivity contribution in [2.24, 2.45) is 0 Å². The van der Waals surface area contributed by atoms with Gasteiger partial charge in [0.25, 0.3) is 0 Å². The number of morpholine rings is 1. The van der Waals surface area contributed by atoms with Crippen LogP contribution in [0.1, 0.15) is 22.9 Å². The summed E-state index contributed by atoms with van der Waals surface area (Å²) in [5, 5.41) is 10.9. The van der Waals surface area contributed by atoms with Gasteiger partial charge in [-0.1, -0.05) is 6.07 Å². The third-order valence-electron chi connectivity index (χ3n) is 6.34. The van der Waals surface area contributed by atoms with Gasteiger partial charge in [0.1, 0.15) is 12.1 Å². The average Bonchev–Trinajstić information content (AvgIpc) is 3.39. The topological polar surface area (TPSA) is 107 Å². The lowest BCUT2D eigenvalue weighted by Crippen LogP contribution is -2.59. The second kappa shape index (κ2) is 9.20. The summed E-state index contributed by atoms with van der Waals surface area (Å²) >= 11 is 0. The van der Waals surface area contributed by atoms with Crippen LogP contribution in [0.4, 0.5) is 10.1 Å². The largest absolute Gasteiger partial charge is 0.371 e. The van der Waals surface area contributed by atoms with Gasteiger partial charge in [0.05, 0.1) is 49.8 Å². The molecule has 12 heteroatoms. The van der Waals surface area contributed by atoms with Crippen LogP contribution in [0.2, 0.25) is 0 Å². The molecule has 0 radical (unpaired) electrons. The highest BCUT2D eigenvalue weighted by molar-refractivity contribution is 5.78. The number of fused-ring (bicyclic) bond motifs is 1. The van der Waals surface area contributed by atoms with Crippen LogP contribution >= 0.6 is 0 Å². The van der Waals surface area contributed by atoms with Gasteiger partial charge in [0.2, 0.25) is 11.6 Å². The van der Waals surface area contributed by atoms with Crippen LogP contribution in [0.25, 0.3) is 10.7 Å².